The molecule has 0 saturated carbocycles. The molecule has 0 saturated heterocycles. The molecule has 0 spiro atoms. The Labute approximate surface area is 184 Å². The summed E-state index contributed by atoms with van der Waals surface area (Å²) in [5, 5.41) is 22.7. The standard InChI is InChI=1S/C24H22N2O6/c1-31-21-10-11-22(32-2)23-17(21)13-25(14-20(23)27)18-9-8-16(12-19(18)26(29)30)24(28)15-6-4-3-5-7-15/h3-12,20,27H,13-14H2,1-2H3. The van der Waals surface area contributed by atoms with Crippen molar-refractivity contribution < 1.29 is 24.3 Å². The van der Waals surface area contributed by atoms with E-state index in [0.29, 0.717) is 33.9 Å². The highest BCUT2D eigenvalue weighted by Crippen LogP contribution is 2.42. The van der Waals surface area contributed by atoms with Gasteiger partial charge in [-0.3, -0.25) is 14.9 Å². The fourth-order valence-corrected chi connectivity index (χ4v) is 4.09. The first kappa shape index (κ1) is 21.3. The van der Waals surface area contributed by atoms with Gasteiger partial charge in [0.25, 0.3) is 5.69 Å². The number of carbonyl (C=O) groups is 1. The van der Waals surface area contributed by atoms with Gasteiger partial charge in [-0.2, -0.15) is 0 Å². The maximum atomic E-state index is 12.8. The van der Waals surface area contributed by atoms with Crippen LogP contribution in [-0.2, 0) is 6.54 Å². The zero-order chi connectivity index (χ0) is 22.8. The summed E-state index contributed by atoms with van der Waals surface area (Å²) in [5.74, 6) is 0.796. The van der Waals surface area contributed by atoms with Crippen LogP contribution in [0.4, 0.5) is 11.4 Å². The number of aliphatic hydroxyl groups excluding tert-OH is 1. The minimum absolute atomic E-state index is 0.128. The van der Waals surface area contributed by atoms with E-state index in [1.54, 1.807) is 59.5 Å². The number of β-amino-alcohol motifs (C(OH)–C–C–N with tert-alkyl or cyclic N) is 1. The van der Waals surface area contributed by atoms with E-state index in [-0.39, 0.29) is 30.1 Å². The largest absolute Gasteiger partial charge is 0.496 e. The molecule has 0 aliphatic carbocycles. The first-order chi connectivity index (χ1) is 15.4. The summed E-state index contributed by atoms with van der Waals surface area (Å²) in [6.07, 6.45) is -0.936. The van der Waals surface area contributed by atoms with Gasteiger partial charge in [0.2, 0.25) is 0 Å². The molecule has 0 fully saturated rings. The van der Waals surface area contributed by atoms with Crippen LogP contribution in [0, 0.1) is 10.1 Å². The number of nitro benzene ring substituents is 1. The Morgan fingerprint density at radius 3 is 2.38 bits per heavy atom. The highest BCUT2D eigenvalue weighted by Gasteiger charge is 2.33. The Hall–Kier alpha value is -3.91. The van der Waals surface area contributed by atoms with Crippen molar-refractivity contribution in [2.75, 3.05) is 25.7 Å². The first-order valence-electron chi connectivity index (χ1n) is 9.99. The molecule has 1 unspecified atom stereocenters. The predicted octanol–water partition coefficient (Wildman–Crippen LogP) is 3.90. The molecular formula is C24H22N2O6. The Kier molecular flexibility index (Phi) is 5.79. The van der Waals surface area contributed by atoms with Gasteiger partial charge in [-0.25, -0.2) is 0 Å². The molecular weight excluding hydrogens is 412 g/mol. The number of carbonyl (C=O) groups excluding carboxylic acids is 1. The molecule has 0 amide bonds. The van der Waals surface area contributed by atoms with Gasteiger partial charge >= 0.3 is 0 Å². The Morgan fingerprint density at radius 1 is 1.03 bits per heavy atom. The van der Waals surface area contributed by atoms with E-state index in [1.807, 2.05) is 0 Å². The number of anilines is 1. The number of hydrogen-bond acceptors (Lipinski definition) is 7. The molecule has 1 N–H and O–H groups in total. The van der Waals surface area contributed by atoms with Crippen LogP contribution in [0.25, 0.3) is 0 Å². The van der Waals surface area contributed by atoms with Crippen LogP contribution in [0.2, 0.25) is 0 Å². The van der Waals surface area contributed by atoms with Gasteiger partial charge in [0.15, 0.2) is 5.78 Å². The summed E-state index contributed by atoms with van der Waals surface area (Å²) >= 11 is 0. The van der Waals surface area contributed by atoms with Crippen LogP contribution in [0.1, 0.15) is 33.2 Å². The third kappa shape index (κ3) is 3.76. The highest BCUT2D eigenvalue weighted by atomic mass is 16.6. The topological polar surface area (TPSA) is 102 Å². The maximum Gasteiger partial charge on any atom is 0.293 e. The molecule has 1 heterocycles. The van der Waals surface area contributed by atoms with Crippen LogP contribution < -0.4 is 14.4 Å². The van der Waals surface area contributed by atoms with Gasteiger partial charge in [-0.15, -0.1) is 0 Å². The lowest BCUT2D eigenvalue weighted by Crippen LogP contribution is -2.34. The quantitative estimate of drug-likeness (QED) is 0.357. The summed E-state index contributed by atoms with van der Waals surface area (Å²) in [6, 6.07) is 16.5. The van der Waals surface area contributed by atoms with Crippen molar-refractivity contribution >= 4 is 17.2 Å². The molecule has 8 nitrogen and oxygen atoms in total. The minimum atomic E-state index is -0.936. The summed E-state index contributed by atoms with van der Waals surface area (Å²) in [6.45, 7) is 0.406. The molecule has 1 aliphatic rings. The van der Waals surface area contributed by atoms with Crippen molar-refractivity contribution in [1.29, 1.82) is 0 Å². The number of rotatable bonds is 6. The fraction of sp³-hybridized carbons (Fsp3) is 0.208. The molecule has 3 aromatic rings. The maximum absolute atomic E-state index is 12.8. The van der Waals surface area contributed by atoms with Gasteiger partial charge in [0, 0.05) is 41.4 Å². The molecule has 4 rings (SSSR count). The van der Waals surface area contributed by atoms with Gasteiger partial charge in [0.1, 0.15) is 23.3 Å². The molecule has 0 bridgehead atoms. The summed E-state index contributed by atoms with van der Waals surface area (Å²) in [4.78, 5) is 25.9. The lowest BCUT2D eigenvalue weighted by Gasteiger charge is -2.35. The lowest BCUT2D eigenvalue weighted by molar-refractivity contribution is -0.384. The summed E-state index contributed by atoms with van der Waals surface area (Å²) in [5.41, 5.74) is 2.10. The van der Waals surface area contributed by atoms with Crippen LogP contribution in [0.15, 0.2) is 60.7 Å². The second-order valence-corrected chi connectivity index (χ2v) is 7.41. The van der Waals surface area contributed by atoms with Crippen LogP contribution in [0.5, 0.6) is 11.5 Å². The third-order valence-corrected chi connectivity index (χ3v) is 5.60. The molecule has 8 heteroatoms. The van der Waals surface area contributed by atoms with E-state index >= 15 is 0 Å². The first-order valence-corrected chi connectivity index (χ1v) is 9.99. The summed E-state index contributed by atoms with van der Waals surface area (Å²) < 4.78 is 10.8. The Balaban J connectivity index is 1.75. The third-order valence-electron chi connectivity index (χ3n) is 5.60. The SMILES string of the molecule is COc1ccc(OC)c2c1CN(c1ccc(C(=O)c3ccccc3)cc1[N+](=O)[O-])CC2O. The van der Waals surface area contributed by atoms with Gasteiger partial charge < -0.3 is 19.5 Å². The van der Waals surface area contributed by atoms with Crippen LogP contribution >= 0.6 is 0 Å². The van der Waals surface area contributed by atoms with Gasteiger partial charge in [-0.05, 0) is 24.3 Å². The Morgan fingerprint density at radius 2 is 1.72 bits per heavy atom. The van der Waals surface area contributed by atoms with Crippen molar-refractivity contribution in [3.8, 4) is 11.5 Å². The zero-order valence-corrected chi connectivity index (χ0v) is 17.6. The molecule has 0 radical (unpaired) electrons. The molecule has 1 aliphatic heterocycles. The molecule has 0 aromatic heterocycles. The average Bonchev–Trinajstić information content (AvgIpc) is 2.82. The van der Waals surface area contributed by atoms with E-state index in [4.69, 9.17) is 9.47 Å². The molecule has 164 valence electrons. The number of benzene rings is 3. The number of fused-ring (bicyclic) bond motifs is 1. The second kappa shape index (κ2) is 8.68. The van der Waals surface area contributed by atoms with Crippen LogP contribution in [0.3, 0.4) is 0 Å². The van der Waals surface area contributed by atoms with Crippen molar-refractivity contribution in [2.24, 2.45) is 0 Å². The zero-order valence-electron chi connectivity index (χ0n) is 17.6. The fourth-order valence-electron chi connectivity index (χ4n) is 4.09. The monoisotopic (exact) mass is 434 g/mol. The van der Waals surface area contributed by atoms with Gasteiger partial charge in [0.05, 0.1) is 19.1 Å². The molecule has 3 aromatic carbocycles. The van der Waals surface area contributed by atoms with E-state index < -0.39 is 11.0 Å². The van der Waals surface area contributed by atoms with E-state index in [0.717, 1.165) is 0 Å². The van der Waals surface area contributed by atoms with Crippen LogP contribution in [-0.4, -0.2) is 36.6 Å². The number of methoxy groups -OCH3 is 2. The van der Waals surface area contributed by atoms with E-state index in [9.17, 15) is 20.0 Å². The highest BCUT2D eigenvalue weighted by molar-refractivity contribution is 6.09. The number of ether oxygens (including phenoxy) is 2. The number of aliphatic hydroxyl groups is 1. The second-order valence-electron chi connectivity index (χ2n) is 7.41. The number of hydrogen-bond donors (Lipinski definition) is 1. The molecule has 1 atom stereocenters. The normalized spacial score (nSPS) is 15.1. The lowest BCUT2D eigenvalue weighted by atomic mass is 9.94. The van der Waals surface area contributed by atoms with Crippen molar-refractivity contribution in [1.82, 2.24) is 0 Å². The number of nitro groups is 1. The minimum Gasteiger partial charge on any atom is -0.496 e. The van der Waals surface area contributed by atoms with E-state index in [2.05, 4.69) is 0 Å². The molecule has 32 heavy (non-hydrogen) atoms. The van der Waals surface area contributed by atoms with Gasteiger partial charge in [-0.1, -0.05) is 30.3 Å². The summed E-state index contributed by atoms with van der Waals surface area (Å²) in [7, 11) is 3.05. The predicted molar refractivity (Wildman–Crippen MR) is 119 cm³/mol. The smallest absolute Gasteiger partial charge is 0.293 e. The van der Waals surface area contributed by atoms with E-state index in [1.165, 1.54) is 20.3 Å². The Bertz CT molecular complexity index is 1180. The van der Waals surface area contributed by atoms with Crippen molar-refractivity contribution in [3.05, 3.63) is 93.0 Å². The average molecular weight is 434 g/mol. The van der Waals surface area contributed by atoms with Crippen molar-refractivity contribution in [2.45, 2.75) is 12.6 Å². The van der Waals surface area contributed by atoms with Crippen molar-refractivity contribution in [3.63, 3.8) is 0 Å². The number of ketones is 1. The number of nitrogens with zero attached hydrogens (tertiary/aromatic N) is 2.